The lowest BCUT2D eigenvalue weighted by atomic mass is 10.2. The van der Waals surface area contributed by atoms with Crippen molar-refractivity contribution in [3.05, 3.63) is 64.6 Å². The van der Waals surface area contributed by atoms with Gasteiger partial charge in [0.2, 0.25) is 5.91 Å². The maximum absolute atomic E-state index is 12.7. The third-order valence-electron chi connectivity index (χ3n) is 4.08. The first-order valence-corrected chi connectivity index (χ1v) is 10.0. The van der Waals surface area contributed by atoms with E-state index in [2.05, 4.69) is 5.32 Å². The van der Waals surface area contributed by atoms with Gasteiger partial charge in [0.15, 0.2) is 0 Å². The highest BCUT2D eigenvalue weighted by Crippen LogP contribution is 2.32. The summed E-state index contributed by atoms with van der Waals surface area (Å²) in [5, 5.41) is 2.83. The molecule has 0 saturated carbocycles. The van der Waals surface area contributed by atoms with E-state index in [1.165, 1.54) is 16.7 Å². The van der Waals surface area contributed by atoms with Gasteiger partial charge in [-0.2, -0.15) is 0 Å². The molecule has 3 rings (SSSR count). The molecule has 144 valence electrons. The number of para-hydroxylation sites is 1. The van der Waals surface area contributed by atoms with Gasteiger partial charge in [-0.1, -0.05) is 54.3 Å². The monoisotopic (exact) mass is 412 g/mol. The molecule has 0 atom stereocenters. The first-order valence-electron chi connectivity index (χ1n) is 8.81. The van der Waals surface area contributed by atoms with Crippen LogP contribution >= 0.6 is 24.0 Å². The number of thioether (sulfide) groups is 1. The molecule has 0 unspecified atom stereocenters. The molecule has 1 heterocycles. The van der Waals surface area contributed by atoms with E-state index in [1.54, 1.807) is 6.08 Å². The number of amides is 2. The average molecular weight is 413 g/mol. The Morgan fingerprint density at radius 2 is 1.93 bits per heavy atom. The predicted octanol–water partition coefficient (Wildman–Crippen LogP) is 4.23. The lowest BCUT2D eigenvalue weighted by Gasteiger charge is -2.15. The lowest BCUT2D eigenvalue weighted by molar-refractivity contribution is -0.126. The Morgan fingerprint density at radius 3 is 2.61 bits per heavy atom. The van der Waals surface area contributed by atoms with Gasteiger partial charge in [-0.15, -0.1) is 0 Å². The van der Waals surface area contributed by atoms with Crippen LogP contribution in [0.3, 0.4) is 0 Å². The zero-order valence-corrected chi connectivity index (χ0v) is 17.2. The van der Waals surface area contributed by atoms with Crippen molar-refractivity contribution >= 4 is 51.9 Å². The molecule has 7 heteroatoms. The van der Waals surface area contributed by atoms with Crippen molar-refractivity contribution in [1.29, 1.82) is 0 Å². The Hall–Kier alpha value is -2.64. The van der Waals surface area contributed by atoms with E-state index in [0.29, 0.717) is 15.8 Å². The predicted molar refractivity (Wildman–Crippen MR) is 117 cm³/mol. The molecule has 1 fully saturated rings. The van der Waals surface area contributed by atoms with Crippen LogP contribution in [-0.4, -0.2) is 34.2 Å². The molecule has 2 aromatic carbocycles. The van der Waals surface area contributed by atoms with Crippen LogP contribution in [0.15, 0.2) is 53.4 Å². The number of ether oxygens (including phenoxy) is 1. The Bertz CT molecular complexity index is 939. The van der Waals surface area contributed by atoms with Gasteiger partial charge in [-0.25, -0.2) is 0 Å². The molecule has 2 aromatic rings. The number of hydrogen-bond acceptors (Lipinski definition) is 5. The van der Waals surface area contributed by atoms with Crippen molar-refractivity contribution in [2.45, 2.75) is 13.8 Å². The minimum absolute atomic E-state index is 0.111. The quantitative estimate of drug-likeness (QED) is 0.568. The second kappa shape index (κ2) is 9.03. The van der Waals surface area contributed by atoms with E-state index in [9.17, 15) is 9.59 Å². The molecule has 2 amide bonds. The molecule has 0 spiro atoms. The van der Waals surface area contributed by atoms with Crippen molar-refractivity contribution in [3.8, 4) is 5.75 Å². The number of aryl methyl sites for hydroxylation is 1. The van der Waals surface area contributed by atoms with E-state index < -0.39 is 0 Å². The van der Waals surface area contributed by atoms with Gasteiger partial charge < -0.3 is 10.1 Å². The minimum Gasteiger partial charge on any atom is -0.494 e. The fourth-order valence-electron chi connectivity index (χ4n) is 2.66. The summed E-state index contributed by atoms with van der Waals surface area (Å²) in [6.07, 6.45) is 1.77. The molecule has 1 aliphatic rings. The Morgan fingerprint density at radius 1 is 1.21 bits per heavy atom. The number of carbonyl (C=O) groups is 2. The van der Waals surface area contributed by atoms with Crippen molar-refractivity contribution in [2.75, 3.05) is 18.5 Å². The maximum Gasteiger partial charge on any atom is 0.266 e. The summed E-state index contributed by atoms with van der Waals surface area (Å²) in [4.78, 5) is 26.9. The number of carbonyl (C=O) groups excluding carboxylic acids is 2. The SMILES string of the molecule is CCOc1ccc(/C=C2\SC(=S)N(CC(=O)Nc3ccccc3C)C2=O)cc1. The molecule has 28 heavy (non-hydrogen) atoms. The number of nitrogens with zero attached hydrogens (tertiary/aromatic N) is 1. The lowest BCUT2D eigenvalue weighted by Crippen LogP contribution is -2.36. The summed E-state index contributed by atoms with van der Waals surface area (Å²) in [5.41, 5.74) is 2.55. The van der Waals surface area contributed by atoms with Gasteiger partial charge in [0.25, 0.3) is 5.91 Å². The second-order valence-electron chi connectivity index (χ2n) is 6.13. The Labute approximate surface area is 173 Å². The topological polar surface area (TPSA) is 58.6 Å². The van der Waals surface area contributed by atoms with Crippen LogP contribution in [0, 0.1) is 6.92 Å². The highest BCUT2D eigenvalue weighted by Gasteiger charge is 2.33. The van der Waals surface area contributed by atoms with Crippen LogP contribution in [0.2, 0.25) is 0 Å². The summed E-state index contributed by atoms with van der Waals surface area (Å²) in [6.45, 7) is 4.32. The highest BCUT2D eigenvalue weighted by molar-refractivity contribution is 8.26. The van der Waals surface area contributed by atoms with Crippen LogP contribution in [0.5, 0.6) is 5.75 Å². The Kier molecular flexibility index (Phi) is 6.49. The smallest absolute Gasteiger partial charge is 0.266 e. The van der Waals surface area contributed by atoms with Crippen molar-refractivity contribution < 1.29 is 14.3 Å². The van der Waals surface area contributed by atoms with E-state index in [4.69, 9.17) is 17.0 Å². The zero-order chi connectivity index (χ0) is 20.1. The molecule has 5 nitrogen and oxygen atoms in total. The van der Waals surface area contributed by atoms with Crippen molar-refractivity contribution in [2.24, 2.45) is 0 Å². The Balaban J connectivity index is 1.67. The van der Waals surface area contributed by atoms with Crippen LogP contribution < -0.4 is 10.1 Å². The first kappa shape index (κ1) is 20.1. The molecule has 1 aliphatic heterocycles. The first-order chi connectivity index (χ1) is 13.5. The van der Waals surface area contributed by atoms with Gasteiger partial charge in [0, 0.05) is 5.69 Å². The van der Waals surface area contributed by atoms with E-state index in [1.807, 2.05) is 62.4 Å². The number of rotatable bonds is 6. The maximum atomic E-state index is 12.7. The zero-order valence-electron chi connectivity index (χ0n) is 15.6. The number of anilines is 1. The average Bonchev–Trinajstić information content (AvgIpc) is 2.93. The normalized spacial score (nSPS) is 15.2. The number of nitrogens with one attached hydrogen (secondary N) is 1. The number of thiocarbonyl (C=S) groups is 1. The summed E-state index contributed by atoms with van der Waals surface area (Å²) in [6, 6.07) is 14.9. The van der Waals surface area contributed by atoms with Crippen LogP contribution in [0.4, 0.5) is 5.69 Å². The van der Waals surface area contributed by atoms with Crippen LogP contribution in [-0.2, 0) is 9.59 Å². The second-order valence-corrected chi connectivity index (χ2v) is 7.81. The number of hydrogen-bond donors (Lipinski definition) is 1. The van der Waals surface area contributed by atoms with Gasteiger partial charge >= 0.3 is 0 Å². The minimum atomic E-state index is -0.284. The highest BCUT2D eigenvalue weighted by atomic mass is 32.2. The number of benzene rings is 2. The summed E-state index contributed by atoms with van der Waals surface area (Å²) in [5.74, 6) is 0.233. The van der Waals surface area contributed by atoms with Gasteiger partial charge in [-0.3, -0.25) is 14.5 Å². The molecule has 1 N–H and O–H groups in total. The molecule has 0 radical (unpaired) electrons. The van der Waals surface area contributed by atoms with E-state index >= 15 is 0 Å². The molecule has 1 saturated heterocycles. The van der Waals surface area contributed by atoms with Gasteiger partial charge in [0.1, 0.15) is 16.6 Å². The van der Waals surface area contributed by atoms with Crippen LogP contribution in [0.25, 0.3) is 6.08 Å². The molecular formula is C21H20N2O3S2. The largest absolute Gasteiger partial charge is 0.494 e. The molecule has 0 aromatic heterocycles. The molecule has 0 bridgehead atoms. The fraction of sp³-hybridized carbons (Fsp3) is 0.190. The summed E-state index contributed by atoms with van der Waals surface area (Å²) < 4.78 is 5.80. The van der Waals surface area contributed by atoms with Crippen LogP contribution in [0.1, 0.15) is 18.1 Å². The molecular weight excluding hydrogens is 392 g/mol. The third kappa shape index (κ3) is 4.79. The summed E-state index contributed by atoms with van der Waals surface area (Å²) in [7, 11) is 0. The fourth-order valence-corrected chi connectivity index (χ4v) is 3.92. The van der Waals surface area contributed by atoms with E-state index in [0.717, 1.165) is 22.6 Å². The van der Waals surface area contributed by atoms with Gasteiger partial charge in [0.05, 0.1) is 11.5 Å². The van der Waals surface area contributed by atoms with Crippen molar-refractivity contribution in [1.82, 2.24) is 4.90 Å². The van der Waals surface area contributed by atoms with Crippen molar-refractivity contribution in [3.63, 3.8) is 0 Å². The van der Waals surface area contributed by atoms with Gasteiger partial charge in [-0.05, 0) is 49.2 Å². The molecule has 0 aliphatic carbocycles. The standard InChI is InChI=1S/C21H20N2O3S2/c1-3-26-16-10-8-15(9-11-16)12-18-20(25)23(21(27)28-18)13-19(24)22-17-7-5-4-6-14(17)2/h4-12H,3,13H2,1-2H3,(H,22,24)/b18-12-. The van der Waals surface area contributed by atoms with E-state index in [-0.39, 0.29) is 18.4 Å². The summed E-state index contributed by atoms with van der Waals surface area (Å²) >= 11 is 6.50. The third-order valence-corrected chi connectivity index (χ3v) is 5.46.